The Kier molecular flexibility index (Phi) is 3.46. The fraction of sp³-hybridized carbons (Fsp3) is 0.143. The maximum atomic E-state index is 12.0. The van der Waals surface area contributed by atoms with Crippen LogP contribution >= 0.6 is 22.9 Å². The predicted octanol–water partition coefficient (Wildman–Crippen LogP) is 4.03. The number of nitrogens with one attached hydrogen (secondary N) is 1. The molecule has 20 heavy (non-hydrogen) atoms. The molecule has 0 spiro atoms. The van der Waals surface area contributed by atoms with Crippen LogP contribution in [0.25, 0.3) is 11.0 Å². The average molecular weight is 307 g/mol. The summed E-state index contributed by atoms with van der Waals surface area (Å²) < 4.78 is 5.41. The Morgan fingerprint density at radius 2 is 2.35 bits per heavy atom. The van der Waals surface area contributed by atoms with E-state index < -0.39 is 0 Å². The molecular weight excluding hydrogens is 296 g/mol. The van der Waals surface area contributed by atoms with Crippen LogP contribution in [-0.4, -0.2) is 10.9 Å². The molecule has 1 amide bonds. The van der Waals surface area contributed by atoms with Crippen LogP contribution < -0.4 is 5.32 Å². The summed E-state index contributed by atoms with van der Waals surface area (Å²) in [6.07, 6.45) is 3.57. The van der Waals surface area contributed by atoms with E-state index in [0.717, 1.165) is 15.8 Å². The Hall–Kier alpha value is -1.85. The number of nitrogens with zero attached hydrogens (tertiary/aromatic N) is 1. The quantitative estimate of drug-likeness (QED) is 0.794. The van der Waals surface area contributed by atoms with Crippen LogP contribution in [0.15, 0.2) is 35.1 Å². The van der Waals surface area contributed by atoms with E-state index in [1.165, 1.54) is 11.3 Å². The van der Waals surface area contributed by atoms with E-state index >= 15 is 0 Å². The molecule has 0 fully saturated rings. The maximum Gasteiger partial charge on any atom is 0.230 e. The molecule has 0 radical (unpaired) electrons. The normalized spacial score (nSPS) is 10.9. The highest BCUT2D eigenvalue weighted by Gasteiger charge is 2.12. The maximum absolute atomic E-state index is 12.0. The molecule has 0 saturated heterocycles. The lowest BCUT2D eigenvalue weighted by Crippen LogP contribution is -2.13. The lowest BCUT2D eigenvalue weighted by Gasteiger charge is -2.00. The van der Waals surface area contributed by atoms with E-state index in [0.29, 0.717) is 15.7 Å². The first-order valence-electron chi connectivity index (χ1n) is 6.00. The van der Waals surface area contributed by atoms with Gasteiger partial charge in [0, 0.05) is 27.0 Å². The van der Waals surface area contributed by atoms with Crippen molar-refractivity contribution in [3.05, 3.63) is 46.1 Å². The van der Waals surface area contributed by atoms with Crippen LogP contribution in [-0.2, 0) is 11.2 Å². The summed E-state index contributed by atoms with van der Waals surface area (Å²) in [5.74, 6) is -0.114. The lowest BCUT2D eigenvalue weighted by atomic mass is 10.1. The molecule has 2 heterocycles. The van der Waals surface area contributed by atoms with E-state index in [1.807, 2.05) is 13.0 Å². The second kappa shape index (κ2) is 5.26. The molecule has 0 aliphatic rings. The van der Waals surface area contributed by atoms with Crippen molar-refractivity contribution < 1.29 is 9.21 Å². The third-order valence-corrected chi connectivity index (χ3v) is 3.90. The molecule has 1 N–H and O–H groups in total. The summed E-state index contributed by atoms with van der Waals surface area (Å²) in [6, 6.07) is 5.38. The van der Waals surface area contributed by atoms with Crippen LogP contribution in [0.2, 0.25) is 5.02 Å². The molecule has 6 heteroatoms. The molecule has 0 aliphatic carbocycles. The summed E-state index contributed by atoms with van der Waals surface area (Å²) in [6.45, 7) is 1.95. The largest absolute Gasteiger partial charge is 0.464 e. The van der Waals surface area contributed by atoms with Gasteiger partial charge in [0.05, 0.1) is 12.7 Å². The Morgan fingerprint density at radius 1 is 1.50 bits per heavy atom. The molecule has 0 bridgehead atoms. The van der Waals surface area contributed by atoms with Gasteiger partial charge in [-0.2, -0.15) is 0 Å². The fourth-order valence-corrected chi connectivity index (χ4v) is 2.79. The van der Waals surface area contributed by atoms with Crippen molar-refractivity contribution in [2.24, 2.45) is 0 Å². The number of furan rings is 1. The summed E-state index contributed by atoms with van der Waals surface area (Å²) in [5, 5.41) is 4.91. The van der Waals surface area contributed by atoms with Crippen LogP contribution in [0.3, 0.4) is 0 Å². The van der Waals surface area contributed by atoms with E-state index in [2.05, 4.69) is 10.3 Å². The van der Waals surface area contributed by atoms with Crippen molar-refractivity contribution in [2.75, 3.05) is 5.32 Å². The number of carbonyl (C=O) groups excluding carboxylic acids is 1. The van der Waals surface area contributed by atoms with Gasteiger partial charge >= 0.3 is 0 Å². The van der Waals surface area contributed by atoms with Crippen molar-refractivity contribution in [1.82, 2.24) is 4.98 Å². The third-order valence-electron chi connectivity index (χ3n) is 2.84. The Bertz CT molecular complexity index is 778. The summed E-state index contributed by atoms with van der Waals surface area (Å²) in [4.78, 5) is 17.2. The summed E-state index contributed by atoms with van der Waals surface area (Å²) in [7, 11) is 0. The molecule has 0 aliphatic heterocycles. The van der Waals surface area contributed by atoms with Gasteiger partial charge in [0.15, 0.2) is 5.13 Å². The fourth-order valence-electron chi connectivity index (χ4n) is 1.94. The van der Waals surface area contributed by atoms with Gasteiger partial charge in [-0.1, -0.05) is 11.6 Å². The van der Waals surface area contributed by atoms with Gasteiger partial charge in [-0.25, -0.2) is 4.98 Å². The van der Waals surface area contributed by atoms with Crippen LogP contribution in [0, 0.1) is 6.92 Å². The first kappa shape index (κ1) is 13.1. The number of thiazole rings is 1. The van der Waals surface area contributed by atoms with Gasteiger partial charge in [-0.3, -0.25) is 4.79 Å². The number of hydrogen-bond donors (Lipinski definition) is 1. The van der Waals surface area contributed by atoms with Crippen molar-refractivity contribution in [1.29, 1.82) is 0 Å². The number of amides is 1. The van der Waals surface area contributed by atoms with E-state index in [9.17, 15) is 4.79 Å². The van der Waals surface area contributed by atoms with Gasteiger partial charge < -0.3 is 9.73 Å². The molecule has 0 atom stereocenters. The highest BCUT2D eigenvalue weighted by atomic mass is 35.5. The monoisotopic (exact) mass is 306 g/mol. The van der Waals surface area contributed by atoms with E-state index in [4.69, 9.17) is 16.0 Å². The van der Waals surface area contributed by atoms with Crippen LogP contribution in [0.5, 0.6) is 0 Å². The van der Waals surface area contributed by atoms with Crippen LogP contribution in [0.4, 0.5) is 5.13 Å². The smallest absolute Gasteiger partial charge is 0.230 e. The number of anilines is 1. The molecule has 1 aromatic carbocycles. The van der Waals surface area contributed by atoms with Crippen molar-refractivity contribution in [3.8, 4) is 0 Å². The SMILES string of the molecule is Cc1cnc(NC(=O)Cc2coc3cc(Cl)ccc23)s1. The van der Waals surface area contributed by atoms with Gasteiger partial charge in [0.25, 0.3) is 0 Å². The van der Waals surface area contributed by atoms with E-state index in [-0.39, 0.29) is 12.3 Å². The number of hydrogen-bond acceptors (Lipinski definition) is 4. The molecule has 102 valence electrons. The highest BCUT2D eigenvalue weighted by molar-refractivity contribution is 7.15. The topological polar surface area (TPSA) is 55.1 Å². The first-order valence-corrected chi connectivity index (χ1v) is 7.19. The van der Waals surface area contributed by atoms with Gasteiger partial charge in [-0.15, -0.1) is 11.3 Å². The minimum atomic E-state index is -0.114. The molecule has 3 rings (SSSR count). The first-order chi connectivity index (χ1) is 9.61. The zero-order valence-electron chi connectivity index (χ0n) is 10.6. The number of benzene rings is 1. The molecule has 3 aromatic rings. The minimum Gasteiger partial charge on any atom is -0.464 e. The van der Waals surface area contributed by atoms with Gasteiger partial charge in [-0.05, 0) is 25.1 Å². The van der Waals surface area contributed by atoms with Crippen LogP contribution in [0.1, 0.15) is 10.4 Å². The predicted molar refractivity (Wildman–Crippen MR) is 80.4 cm³/mol. The van der Waals surface area contributed by atoms with Gasteiger partial charge in [0.1, 0.15) is 5.58 Å². The zero-order valence-corrected chi connectivity index (χ0v) is 12.2. The Labute approximate surface area is 124 Å². The van der Waals surface area contributed by atoms with Crippen molar-refractivity contribution in [2.45, 2.75) is 13.3 Å². The minimum absolute atomic E-state index is 0.114. The second-order valence-electron chi connectivity index (χ2n) is 4.40. The molecule has 0 unspecified atom stereocenters. The van der Waals surface area contributed by atoms with Crippen molar-refractivity contribution >= 4 is 44.9 Å². The van der Waals surface area contributed by atoms with E-state index in [1.54, 1.807) is 24.6 Å². The Balaban J connectivity index is 1.77. The number of carbonyl (C=O) groups is 1. The summed E-state index contributed by atoms with van der Waals surface area (Å²) >= 11 is 7.35. The number of fused-ring (bicyclic) bond motifs is 1. The number of rotatable bonds is 3. The third kappa shape index (κ3) is 2.69. The molecule has 0 saturated carbocycles. The molecule has 4 nitrogen and oxygen atoms in total. The number of halogens is 1. The zero-order chi connectivity index (χ0) is 14.1. The van der Waals surface area contributed by atoms with Crippen molar-refractivity contribution in [3.63, 3.8) is 0 Å². The number of aromatic nitrogens is 1. The average Bonchev–Trinajstić information content (AvgIpc) is 2.96. The lowest BCUT2D eigenvalue weighted by molar-refractivity contribution is -0.115. The van der Waals surface area contributed by atoms with Gasteiger partial charge in [0.2, 0.25) is 5.91 Å². The number of aryl methyl sites for hydroxylation is 1. The molecular formula is C14H11ClN2O2S. The Morgan fingerprint density at radius 3 is 3.10 bits per heavy atom. The highest BCUT2D eigenvalue weighted by Crippen LogP contribution is 2.25. The standard InChI is InChI=1S/C14H11ClN2O2S/c1-8-6-16-14(20-8)17-13(18)4-9-7-19-12-5-10(15)2-3-11(9)12/h2-3,5-7H,4H2,1H3,(H,16,17,18). The molecule has 2 aromatic heterocycles. The summed E-state index contributed by atoms with van der Waals surface area (Å²) in [5.41, 5.74) is 1.52. The second-order valence-corrected chi connectivity index (χ2v) is 6.07.